The van der Waals surface area contributed by atoms with Crippen LogP contribution in [-0.2, 0) is 4.79 Å². The van der Waals surface area contributed by atoms with E-state index in [2.05, 4.69) is 5.32 Å². The van der Waals surface area contributed by atoms with Crippen molar-refractivity contribution in [2.45, 2.75) is 20.0 Å². The fourth-order valence-corrected chi connectivity index (χ4v) is 2.02. The molecule has 21 heavy (non-hydrogen) atoms. The van der Waals surface area contributed by atoms with Crippen LogP contribution < -0.4 is 10.1 Å². The van der Waals surface area contributed by atoms with E-state index in [0.29, 0.717) is 17.0 Å². The zero-order chi connectivity index (χ0) is 15.2. The van der Waals surface area contributed by atoms with E-state index in [4.69, 9.17) is 4.74 Å². The number of aliphatic hydroxyl groups excluding tert-OH is 1. The van der Waals surface area contributed by atoms with Crippen LogP contribution in [0.1, 0.15) is 24.2 Å². The first-order valence-electron chi connectivity index (χ1n) is 6.82. The van der Waals surface area contributed by atoms with Gasteiger partial charge >= 0.3 is 0 Å². The molecular formula is C17H19NO3. The van der Waals surface area contributed by atoms with E-state index in [1.54, 1.807) is 19.1 Å². The molecule has 4 heteroatoms. The Bertz CT molecular complexity index is 623. The van der Waals surface area contributed by atoms with E-state index < -0.39 is 6.10 Å². The van der Waals surface area contributed by atoms with Gasteiger partial charge in [-0.1, -0.05) is 30.3 Å². The Kier molecular flexibility index (Phi) is 4.95. The highest BCUT2D eigenvalue weighted by Crippen LogP contribution is 2.22. The predicted molar refractivity (Wildman–Crippen MR) is 82.4 cm³/mol. The van der Waals surface area contributed by atoms with Crippen molar-refractivity contribution in [1.29, 1.82) is 0 Å². The van der Waals surface area contributed by atoms with Crippen LogP contribution >= 0.6 is 0 Å². The second-order valence-electron chi connectivity index (χ2n) is 4.92. The van der Waals surface area contributed by atoms with Gasteiger partial charge in [-0.3, -0.25) is 4.79 Å². The van der Waals surface area contributed by atoms with E-state index in [0.717, 1.165) is 5.56 Å². The average Bonchev–Trinajstić information content (AvgIpc) is 2.45. The third-order valence-corrected chi connectivity index (χ3v) is 3.04. The molecule has 1 amide bonds. The van der Waals surface area contributed by atoms with Crippen LogP contribution in [0.2, 0.25) is 0 Å². The summed E-state index contributed by atoms with van der Waals surface area (Å²) in [5.41, 5.74) is 2.36. The molecule has 1 atom stereocenters. The van der Waals surface area contributed by atoms with Crippen LogP contribution in [0.3, 0.4) is 0 Å². The number of nitrogens with one attached hydrogen (secondary N) is 1. The average molecular weight is 285 g/mol. The predicted octanol–water partition coefficient (Wildman–Crippen LogP) is 3.07. The summed E-state index contributed by atoms with van der Waals surface area (Å²) < 4.78 is 5.45. The minimum atomic E-state index is -0.640. The summed E-state index contributed by atoms with van der Waals surface area (Å²) in [6.07, 6.45) is -0.640. The highest BCUT2D eigenvalue weighted by atomic mass is 16.5. The molecule has 0 bridgehead atoms. The number of rotatable bonds is 5. The van der Waals surface area contributed by atoms with E-state index >= 15 is 0 Å². The van der Waals surface area contributed by atoms with Crippen molar-refractivity contribution in [2.75, 3.05) is 11.9 Å². The normalized spacial score (nSPS) is 11.8. The SMILES string of the molecule is Cc1cccc(OCC(=O)Nc2ccccc2C(C)O)c1. The number of carbonyl (C=O) groups excluding carboxylic acids is 1. The number of ether oxygens (including phenoxy) is 1. The number of benzene rings is 2. The van der Waals surface area contributed by atoms with Crippen LogP contribution in [0, 0.1) is 6.92 Å². The van der Waals surface area contributed by atoms with Gasteiger partial charge in [-0.2, -0.15) is 0 Å². The maximum absolute atomic E-state index is 11.9. The standard InChI is InChI=1S/C17H19NO3/c1-12-6-5-7-14(10-12)21-11-17(20)18-16-9-4-3-8-15(16)13(2)19/h3-10,13,19H,11H2,1-2H3,(H,18,20). The largest absolute Gasteiger partial charge is 0.484 e. The number of carbonyl (C=O) groups is 1. The molecule has 2 N–H and O–H groups in total. The minimum absolute atomic E-state index is 0.0718. The Morgan fingerprint density at radius 3 is 2.71 bits per heavy atom. The monoisotopic (exact) mass is 285 g/mol. The lowest BCUT2D eigenvalue weighted by atomic mass is 10.1. The zero-order valence-corrected chi connectivity index (χ0v) is 12.2. The molecule has 0 saturated heterocycles. The first kappa shape index (κ1) is 15.1. The maximum atomic E-state index is 11.9. The van der Waals surface area contributed by atoms with Gasteiger partial charge in [-0.05, 0) is 37.6 Å². The van der Waals surface area contributed by atoms with Gasteiger partial charge in [0.1, 0.15) is 5.75 Å². The topological polar surface area (TPSA) is 58.6 Å². The molecule has 110 valence electrons. The number of aryl methyl sites for hydroxylation is 1. The maximum Gasteiger partial charge on any atom is 0.262 e. The molecule has 0 saturated carbocycles. The van der Waals surface area contributed by atoms with Crippen molar-refractivity contribution in [1.82, 2.24) is 0 Å². The van der Waals surface area contributed by atoms with Crippen molar-refractivity contribution in [2.24, 2.45) is 0 Å². The summed E-state index contributed by atoms with van der Waals surface area (Å²) in [4.78, 5) is 11.9. The molecule has 0 aliphatic carbocycles. The highest BCUT2D eigenvalue weighted by Gasteiger charge is 2.10. The molecule has 0 spiro atoms. The lowest BCUT2D eigenvalue weighted by Gasteiger charge is -2.13. The number of hydrogen-bond acceptors (Lipinski definition) is 3. The summed E-state index contributed by atoms with van der Waals surface area (Å²) in [6, 6.07) is 14.7. The molecule has 4 nitrogen and oxygen atoms in total. The number of anilines is 1. The smallest absolute Gasteiger partial charge is 0.262 e. The molecule has 0 aliphatic heterocycles. The Balaban J connectivity index is 1.96. The molecule has 0 radical (unpaired) electrons. The van der Waals surface area contributed by atoms with Crippen molar-refractivity contribution >= 4 is 11.6 Å². The Morgan fingerprint density at radius 1 is 1.24 bits per heavy atom. The molecule has 2 aromatic carbocycles. The van der Waals surface area contributed by atoms with Gasteiger partial charge in [0.05, 0.1) is 6.10 Å². The third kappa shape index (κ3) is 4.33. The fourth-order valence-electron chi connectivity index (χ4n) is 2.02. The van der Waals surface area contributed by atoms with Gasteiger partial charge in [-0.15, -0.1) is 0 Å². The summed E-state index contributed by atoms with van der Waals surface area (Å²) in [7, 11) is 0. The van der Waals surface area contributed by atoms with Gasteiger partial charge in [0.15, 0.2) is 6.61 Å². The Morgan fingerprint density at radius 2 is 2.00 bits per heavy atom. The first-order chi connectivity index (χ1) is 10.1. The van der Waals surface area contributed by atoms with Crippen molar-refractivity contribution in [3.8, 4) is 5.75 Å². The van der Waals surface area contributed by atoms with Gasteiger partial charge in [0, 0.05) is 11.3 Å². The molecular weight excluding hydrogens is 266 g/mol. The molecule has 2 rings (SSSR count). The summed E-state index contributed by atoms with van der Waals surface area (Å²) in [5.74, 6) is 0.401. The van der Waals surface area contributed by atoms with Crippen LogP contribution in [0.25, 0.3) is 0 Å². The van der Waals surface area contributed by atoms with Gasteiger partial charge in [0.2, 0.25) is 0 Å². The molecule has 2 aromatic rings. The van der Waals surface area contributed by atoms with E-state index in [1.807, 2.05) is 43.3 Å². The van der Waals surface area contributed by atoms with Crippen LogP contribution in [0.4, 0.5) is 5.69 Å². The highest BCUT2D eigenvalue weighted by molar-refractivity contribution is 5.92. The van der Waals surface area contributed by atoms with Crippen molar-refractivity contribution < 1.29 is 14.6 Å². The van der Waals surface area contributed by atoms with Crippen molar-refractivity contribution in [3.05, 3.63) is 59.7 Å². The lowest BCUT2D eigenvalue weighted by molar-refractivity contribution is -0.118. The molecule has 0 aromatic heterocycles. The minimum Gasteiger partial charge on any atom is -0.484 e. The summed E-state index contributed by atoms with van der Waals surface area (Å²) in [6.45, 7) is 3.55. The molecule has 0 aliphatic rings. The summed E-state index contributed by atoms with van der Waals surface area (Å²) >= 11 is 0. The van der Waals surface area contributed by atoms with E-state index in [9.17, 15) is 9.90 Å². The third-order valence-electron chi connectivity index (χ3n) is 3.04. The quantitative estimate of drug-likeness (QED) is 0.887. The number of amides is 1. The van der Waals surface area contributed by atoms with Gasteiger partial charge < -0.3 is 15.2 Å². The van der Waals surface area contributed by atoms with E-state index in [1.165, 1.54) is 0 Å². The van der Waals surface area contributed by atoms with Crippen molar-refractivity contribution in [3.63, 3.8) is 0 Å². The van der Waals surface area contributed by atoms with Crippen LogP contribution in [-0.4, -0.2) is 17.6 Å². The van der Waals surface area contributed by atoms with Gasteiger partial charge in [0.25, 0.3) is 5.91 Å². The Labute approximate surface area is 124 Å². The van der Waals surface area contributed by atoms with Crippen LogP contribution in [0.15, 0.2) is 48.5 Å². The number of aliphatic hydroxyl groups is 1. The second kappa shape index (κ2) is 6.90. The summed E-state index contributed by atoms with van der Waals surface area (Å²) in [5, 5.41) is 12.4. The fraction of sp³-hybridized carbons (Fsp3) is 0.235. The second-order valence-corrected chi connectivity index (χ2v) is 4.92. The first-order valence-corrected chi connectivity index (χ1v) is 6.82. The lowest BCUT2D eigenvalue weighted by Crippen LogP contribution is -2.21. The molecule has 1 unspecified atom stereocenters. The van der Waals surface area contributed by atoms with Crippen LogP contribution in [0.5, 0.6) is 5.75 Å². The van der Waals surface area contributed by atoms with E-state index in [-0.39, 0.29) is 12.5 Å². The number of para-hydroxylation sites is 1. The molecule has 0 fully saturated rings. The number of hydrogen-bond donors (Lipinski definition) is 2. The molecule has 0 heterocycles. The Hall–Kier alpha value is -2.33. The zero-order valence-electron chi connectivity index (χ0n) is 12.2. The van der Waals surface area contributed by atoms with Gasteiger partial charge in [-0.25, -0.2) is 0 Å².